The summed E-state index contributed by atoms with van der Waals surface area (Å²) in [7, 11) is -1.51. The molecule has 0 aromatic heterocycles. The van der Waals surface area contributed by atoms with Gasteiger partial charge in [0, 0.05) is 37.5 Å². The first-order valence-corrected chi connectivity index (χ1v) is 17.8. The molecule has 0 fully saturated rings. The molecule has 0 spiro atoms. The predicted molar refractivity (Wildman–Crippen MR) is 194 cm³/mol. The van der Waals surface area contributed by atoms with E-state index in [1.165, 1.54) is 36.4 Å². The van der Waals surface area contributed by atoms with Crippen LogP contribution >= 0.6 is 0 Å². The van der Waals surface area contributed by atoms with Crippen molar-refractivity contribution in [1.29, 1.82) is 0 Å². The van der Waals surface area contributed by atoms with Crippen LogP contribution in [0.2, 0.25) is 0 Å². The number of hydrogen-bond acceptors (Lipinski definition) is 3. The maximum atomic E-state index is 15.0. The molecule has 0 saturated carbocycles. The molecule has 7 heteroatoms. The number of unbranched alkanes of at least 4 members (excludes halogenated alkanes) is 12. The summed E-state index contributed by atoms with van der Waals surface area (Å²) in [6.45, 7) is 6.44. The maximum Gasteiger partial charge on any atom is 0.864 e. The first kappa shape index (κ1) is 39.0. The number of rotatable bonds is 18. The lowest BCUT2D eigenvalue weighted by Crippen LogP contribution is -2.37. The Balaban J connectivity index is 1.76. The molecule has 0 unspecified atom stereocenters. The molecule has 258 valence electrons. The maximum absolute atomic E-state index is 15.0. The van der Waals surface area contributed by atoms with Crippen molar-refractivity contribution in [2.75, 3.05) is 0 Å². The number of halogens is 3. The highest BCUT2D eigenvalue weighted by Crippen LogP contribution is 2.23. The Bertz CT molecular complexity index is 1440. The molecule has 3 aromatic carbocycles. The highest BCUT2D eigenvalue weighted by molar-refractivity contribution is 6.39. The van der Waals surface area contributed by atoms with Gasteiger partial charge in [0.25, 0.3) is 0 Å². The summed E-state index contributed by atoms with van der Waals surface area (Å²) < 4.78 is 62.5. The van der Waals surface area contributed by atoms with E-state index in [2.05, 4.69) is 56.3 Å². The minimum atomic E-state index is -1.51. The molecule has 3 nitrogen and oxygen atoms in total. The van der Waals surface area contributed by atoms with Crippen LogP contribution in [-0.2, 0) is 0 Å². The lowest BCUT2D eigenvalue weighted by molar-refractivity contribution is 0.305. The van der Waals surface area contributed by atoms with Gasteiger partial charge in [0.15, 0.2) is 0 Å². The van der Waals surface area contributed by atoms with Crippen molar-refractivity contribution in [1.82, 2.24) is 0 Å². The summed E-state index contributed by atoms with van der Waals surface area (Å²) >= 11 is 0. The first-order valence-electron chi connectivity index (χ1n) is 17.8. The Morgan fingerprint density at radius 2 is 0.755 bits per heavy atom. The zero-order valence-electron chi connectivity index (χ0n) is 29.2. The molecule has 0 radical (unpaired) electrons. The van der Waals surface area contributed by atoms with Crippen LogP contribution in [0.1, 0.15) is 134 Å². The topological polar surface area (TPSA) is 27.7 Å². The van der Waals surface area contributed by atoms with Crippen LogP contribution in [-0.4, -0.2) is 7.32 Å². The fourth-order valence-electron chi connectivity index (χ4n) is 4.81. The van der Waals surface area contributed by atoms with Crippen molar-refractivity contribution < 1.29 is 27.1 Å². The SMILES string of the molecule is CCCCCCC#Cc1ccc(OB(Oc2ccc(C#CCCCCCC)c(F)c2)Oc2ccc(C#CCCCCCC)c(F)c2)cc1F. The zero-order valence-corrected chi connectivity index (χ0v) is 29.2. The molecule has 3 rings (SSSR count). The highest BCUT2D eigenvalue weighted by Gasteiger charge is 2.31. The lowest BCUT2D eigenvalue weighted by Gasteiger charge is -2.17. The number of hydrogen-bond donors (Lipinski definition) is 0. The molecule has 0 amide bonds. The second-order valence-corrected chi connectivity index (χ2v) is 11.9. The summed E-state index contributed by atoms with van der Waals surface area (Å²) in [6, 6.07) is 12.7. The fourth-order valence-corrected chi connectivity index (χ4v) is 4.81. The highest BCUT2D eigenvalue weighted by atomic mass is 19.1. The van der Waals surface area contributed by atoms with Crippen molar-refractivity contribution in [3.63, 3.8) is 0 Å². The van der Waals surface area contributed by atoms with Crippen molar-refractivity contribution >= 4 is 7.32 Å². The molecule has 0 aliphatic carbocycles. The molecule has 49 heavy (non-hydrogen) atoms. The standard InChI is InChI=1S/C42H48BF3O3/c1-4-7-10-13-16-19-22-34-25-28-37(31-40(34)44)47-43(48-38-29-26-35(41(45)32-38)23-20-17-14-11-8-5-2)49-39-30-27-36(42(46)33-39)24-21-18-15-12-9-6-3/h25-33H,4-18H2,1-3H3. The largest absolute Gasteiger partial charge is 0.864 e. The van der Waals surface area contributed by atoms with Gasteiger partial charge in [-0.15, -0.1) is 0 Å². The van der Waals surface area contributed by atoms with Gasteiger partial charge in [0.2, 0.25) is 0 Å². The van der Waals surface area contributed by atoms with Gasteiger partial charge < -0.3 is 14.0 Å². The lowest BCUT2D eigenvalue weighted by atomic mass is 10.1. The Labute approximate surface area is 292 Å². The van der Waals surface area contributed by atoms with Gasteiger partial charge in [0.1, 0.15) is 34.7 Å². The van der Waals surface area contributed by atoms with Gasteiger partial charge in [-0.25, -0.2) is 13.2 Å². The van der Waals surface area contributed by atoms with Crippen molar-refractivity contribution in [2.45, 2.75) is 117 Å². The van der Waals surface area contributed by atoms with Gasteiger partial charge in [-0.2, -0.15) is 0 Å². The summed E-state index contributed by atoms with van der Waals surface area (Å²) in [5.41, 5.74) is 0.735. The van der Waals surface area contributed by atoms with Gasteiger partial charge >= 0.3 is 7.32 Å². The summed E-state index contributed by atoms with van der Waals surface area (Å²) in [4.78, 5) is 0. The third-order valence-electron chi connectivity index (χ3n) is 7.65. The fraction of sp³-hybridized carbons (Fsp3) is 0.429. The van der Waals surface area contributed by atoms with Gasteiger partial charge in [-0.3, -0.25) is 0 Å². The van der Waals surface area contributed by atoms with E-state index in [4.69, 9.17) is 14.0 Å². The molecule has 0 aliphatic heterocycles. The van der Waals surface area contributed by atoms with Gasteiger partial charge in [0.05, 0.1) is 16.7 Å². The molecule has 0 saturated heterocycles. The molecule has 3 aromatic rings. The van der Waals surface area contributed by atoms with Crippen LogP contribution in [0, 0.1) is 53.0 Å². The summed E-state index contributed by atoms with van der Waals surface area (Å²) in [5.74, 6) is 16.3. The van der Waals surface area contributed by atoms with Crippen LogP contribution < -0.4 is 14.0 Å². The molecular weight excluding hydrogens is 620 g/mol. The Hall–Kier alpha value is -4.41. The van der Waals surface area contributed by atoms with Crippen LogP contribution in [0.15, 0.2) is 54.6 Å². The van der Waals surface area contributed by atoms with E-state index in [1.807, 2.05) is 0 Å². The van der Waals surface area contributed by atoms with E-state index in [0.29, 0.717) is 19.3 Å². The van der Waals surface area contributed by atoms with Gasteiger partial charge in [-0.05, 0) is 55.7 Å². The number of benzene rings is 3. The molecule has 0 bridgehead atoms. The molecule has 0 N–H and O–H groups in total. The van der Waals surface area contributed by atoms with Gasteiger partial charge in [-0.1, -0.05) is 114 Å². The van der Waals surface area contributed by atoms with E-state index in [0.717, 1.165) is 77.0 Å². The van der Waals surface area contributed by atoms with Crippen LogP contribution in [0.5, 0.6) is 17.2 Å². The molecule has 0 heterocycles. The third-order valence-corrected chi connectivity index (χ3v) is 7.65. The predicted octanol–water partition coefficient (Wildman–Crippen LogP) is 11.6. The van der Waals surface area contributed by atoms with Crippen molar-refractivity contribution in [2.24, 2.45) is 0 Å². The first-order chi connectivity index (χ1) is 23.9. The van der Waals surface area contributed by atoms with E-state index < -0.39 is 24.8 Å². The van der Waals surface area contributed by atoms with Crippen LogP contribution in [0.3, 0.4) is 0 Å². The summed E-state index contributed by atoms with van der Waals surface area (Å²) in [6.07, 6.45) is 15.2. The van der Waals surface area contributed by atoms with Crippen molar-refractivity contribution in [3.05, 3.63) is 88.7 Å². The second-order valence-electron chi connectivity index (χ2n) is 11.9. The average Bonchev–Trinajstić information content (AvgIpc) is 3.08. The Morgan fingerprint density at radius 3 is 1.02 bits per heavy atom. The van der Waals surface area contributed by atoms with Crippen LogP contribution in [0.25, 0.3) is 0 Å². The quantitative estimate of drug-likeness (QED) is 0.0767. The molecule has 0 aliphatic rings. The minimum absolute atomic E-state index is 0.0908. The van der Waals surface area contributed by atoms with E-state index >= 15 is 0 Å². The van der Waals surface area contributed by atoms with E-state index in [1.54, 1.807) is 18.2 Å². The smallest absolute Gasteiger partial charge is 0.489 e. The normalized spacial score (nSPS) is 10.2. The van der Waals surface area contributed by atoms with Crippen molar-refractivity contribution in [3.8, 4) is 52.8 Å². The van der Waals surface area contributed by atoms with E-state index in [-0.39, 0.29) is 33.9 Å². The Kier molecular flexibility index (Phi) is 18.4. The molecule has 0 atom stereocenters. The monoisotopic (exact) mass is 668 g/mol. The Morgan fingerprint density at radius 1 is 0.449 bits per heavy atom. The summed E-state index contributed by atoms with van der Waals surface area (Å²) in [5, 5.41) is 0. The molecular formula is C42H48BF3O3. The second kappa shape index (κ2) is 23.0. The third kappa shape index (κ3) is 15.1. The van der Waals surface area contributed by atoms with E-state index in [9.17, 15) is 13.2 Å². The average molecular weight is 669 g/mol. The minimum Gasteiger partial charge on any atom is -0.489 e. The zero-order chi connectivity index (χ0) is 35.1. The van der Waals surface area contributed by atoms with Crippen LogP contribution in [0.4, 0.5) is 13.2 Å².